The standard InChI is InChI=1S/C27H35N5O2/c1-18-17-34-25(22-8-9-26(28)29-15-22)16-32(18)11-10-19-6-7-20(12-19)14-30-27(33)24-13-21-4-2-3-5-23(21)31-24/h2-5,8-9,13,15,18-20,25,31H,6-7,10-12,14,16-17H2,1H3,(H2,28,29)(H,30,33)/t18-,19?,20?,25+/m0/s1. The lowest BCUT2D eigenvalue weighted by molar-refractivity contribution is -0.0614. The molecule has 34 heavy (non-hydrogen) atoms. The number of fused-ring (bicyclic) bond motifs is 1. The second-order valence-corrected chi connectivity index (χ2v) is 10.00. The fourth-order valence-electron chi connectivity index (χ4n) is 5.43. The summed E-state index contributed by atoms with van der Waals surface area (Å²) >= 11 is 0. The fraction of sp³-hybridized carbons (Fsp3) is 0.481. The maximum atomic E-state index is 12.6. The molecule has 2 aromatic heterocycles. The molecule has 0 spiro atoms. The van der Waals surface area contributed by atoms with Crippen molar-refractivity contribution in [1.82, 2.24) is 20.2 Å². The van der Waals surface area contributed by atoms with Crippen LogP contribution in [0.15, 0.2) is 48.7 Å². The predicted molar refractivity (Wildman–Crippen MR) is 134 cm³/mol. The van der Waals surface area contributed by atoms with Gasteiger partial charge in [0.25, 0.3) is 5.91 Å². The highest BCUT2D eigenvalue weighted by Crippen LogP contribution is 2.34. The molecule has 5 rings (SSSR count). The summed E-state index contributed by atoms with van der Waals surface area (Å²) in [4.78, 5) is 22.6. The van der Waals surface area contributed by atoms with Crippen LogP contribution in [-0.2, 0) is 4.74 Å². The van der Waals surface area contributed by atoms with Gasteiger partial charge >= 0.3 is 0 Å². The van der Waals surface area contributed by atoms with Crippen molar-refractivity contribution in [2.24, 2.45) is 11.8 Å². The molecule has 3 aromatic rings. The summed E-state index contributed by atoms with van der Waals surface area (Å²) in [7, 11) is 0. The molecule has 1 saturated heterocycles. The van der Waals surface area contributed by atoms with E-state index in [1.807, 2.05) is 48.7 Å². The number of rotatable bonds is 7. The molecule has 7 heteroatoms. The van der Waals surface area contributed by atoms with E-state index in [-0.39, 0.29) is 12.0 Å². The maximum absolute atomic E-state index is 12.6. The first-order valence-corrected chi connectivity index (χ1v) is 12.5. The zero-order chi connectivity index (χ0) is 23.5. The number of aromatic nitrogens is 2. The molecule has 2 unspecified atom stereocenters. The number of carbonyl (C=O) groups is 1. The third-order valence-electron chi connectivity index (χ3n) is 7.54. The van der Waals surface area contributed by atoms with Gasteiger partial charge in [-0.05, 0) is 62.8 Å². The molecule has 1 aromatic carbocycles. The molecular formula is C27H35N5O2. The number of nitrogens with two attached hydrogens (primary N) is 1. The number of nitrogen functional groups attached to an aromatic ring is 1. The Kier molecular flexibility index (Phi) is 6.83. The first kappa shape index (κ1) is 22.9. The summed E-state index contributed by atoms with van der Waals surface area (Å²) < 4.78 is 6.08. The summed E-state index contributed by atoms with van der Waals surface area (Å²) in [5, 5.41) is 4.22. The molecule has 1 aliphatic carbocycles. The van der Waals surface area contributed by atoms with Crippen LogP contribution in [0.3, 0.4) is 0 Å². The smallest absolute Gasteiger partial charge is 0.267 e. The van der Waals surface area contributed by atoms with Crippen LogP contribution >= 0.6 is 0 Å². The van der Waals surface area contributed by atoms with E-state index >= 15 is 0 Å². The number of amides is 1. The van der Waals surface area contributed by atoms with Gasteiger partial charge in [-0.1, -0.05) is 30.7 Å². The average Bonchev–Trinajstić information content (AvgIpc) is 3.49. The Bertz CT molecular complexity index is 1080. The number of nitrogens with zero attached hydrogens (tertiary/aromatic N) is 2. The number of benzene rings is 1. The topological polar surface area (TPSA) is 96.3 Å². The molecule has 4 atom stereocenters. The minimum absolute atomic E-state index is 0.00927. The van der Waals surface area contributed by atoms with Crippen LogP contribution in [0.5, 0.6) is 0 Å². The van der Waals surface area contributed by atoms with E-state index in [1.54, 1.807) is 0 Å². The Labute approximate surface area is 201 Å². The van der Waals surface area contributed by atoms with E-state index < -0.39 is 0 Å². The summed E-state index contributed by atoms with van der Waals surface area (Å²) in [6.45, 7) is 5.72. The lowest BCUT2D eigenvalue weighted by atomic mass is 10.00. The van der Waals surface area contributed by atoms with Gasteiger partial charge in [0.1, 0.15) is 11.5 Å². The largest absolute Gasteiger partial charge is 0.384 e. The molecule has 1 saturated carbocycles. The van der Waals surface area contributed by atoms with Gasteiger partial charge in [-0.2, -0.15) is 0 Å². The number of ether oxygens (including phenoxy) is 1. The van der Waals surface area contributed by atoms with Gasteiger partial charge < -0.3 is 20.8 Å². The van der Waals surface area contributed by atoms with E-state index in [1.165, 1.54) is 25.7 Å². The molecular weight excluding hydrogens is 426 g/mol. The number of carbonyl (C=O) groups excluding carboxylic acids is 1. The van der Waals surface area contributed by atoms with Crippen LogP contribution in [-0.4, -0.2) is 53.1 Å². The van der Waals surface area contributed by atoms with Crippen molar-refractivity contribution in [3.8, 4) is 0 Å². The van der Waals surface area contributed by atoms with Crippen LogP contribution in [0.2, 0.25) is 0 Å². The number of anilines is 1. The molecule has 7 nitrogen and oxygen atoms in total. The summed E-state index contributed by atoms with van der Waals surface area (Å²) in [5.41, 5.74) is 8.47. The van der Waals surface area contributed by atoms with E-state index in [4.69, 9.17) is 10.5 Å². The lowest BCUT2D eigenvalue weighted by Crippen LogP contribution is -2.45. The molecule has 2 fully saturated rings. The number of hydrogen-bond acceptors (Lipinski definition) is 5. The predicted octanol–water partition coefficient (Wildman–Crippen LogP) is 4.14. The highest BCUT2D eigenvalue weighted by Gasteiger charge is 2.30. The second kappa shape index (κ2) is 10.2. The Balaban J connectivity index is 1.07. The summed E-state index contributed by atoms with van der Waals surface area (Å²) in [5.74, 6) is 1.82. The first-order valence-electron chi connectivity index (χ1n) is 12.5. The lowest BCUT2D eigenvalue weighted by Gasteiger charge is -2.38. The molecule has 3 heterocycles. The van der Waals surface area contributed by atoms with Crippen molar-refractivity contribution < 1.29 is 9.53 Å². The van der Waals surface area contributed by atoms with Crippen molar-refractivity contribution in [2.45, 2.75) is 44.8 Å². The van der Waals surface area contributed by atoms with Crippen LogP contribution < -0.4 is 11.1 Å². The highest BCUT2D eigenvalue weighted by molar-refractivity contribution is 5.97. The number of H-pyrrole nitrogens is 1. The number of morpholine rings is 1. The minimum Gasteiger partial charge on any atom is -0.384 e. The van der Waals surface area contributed by atoms with Crippen molar-refractivity contribution in [3.05, 3.63) is 59.9 Å². The van der Waals surface area contributed by atoms with E-state index in [0.717, 1.165) is 48.6 Å². The Morgan fingerprint density at radius 3 is 2.91 bits per heavy atom. The van der Waals surface area contributed by atoms with Gasteiger partial charge in [-0.15, -0.1) is 0 Å². The molecule has 4 N–H and O–H groups in total. The van der Waals surface area contributed by atoms with Crippen molar-refractivity contribution in [3.63, 3.8) is 0 Å². The van der Waals surface area contributed by atoms with E-state index in [0.29, 0.717) is 23.5 Å². The zero-order valence-electron chi connectivity index (χ0n) is 19.9. The van der Waals surface area contributed by atoms with E-state index in [2.05, 4.69) is 27.1 Å². The number of pyridine rings is 1. The average molecular weight is 462 g/mol. The van der Waals surface area contributed by atoms with Crippen molar-refractivity contribution in [2.75, 3.05) is 32.0 Å². The first-order chi connectivity index (χ1) is 16.5. The molecule has 0 radical (unpaired) electrons. The van der Waals surface area contributed by atoms with Gasteiger partial charge in [0.05, 0.1) is 12.7 Å². The number of hydrogen-bond donors (Lipinski definition) is 3. The van der Waals surface area contributed by atoms with Crippen LogP contribution in [0.4, 0.5) is 5.82 Å². The molecule has 1 amide bonds. The van der Waals surface area contributed by atoms with Crippen LogP contribution in [0, 0.1) is 11.8 Å². The monoisotopic (exact) mass is 461 g/mol. The third-order valence-corrected chi connectivity index (χ3v) is 7.54. The SMILES string of the molecule is C[C@H]1CO[C@@H](c2ccc(N)nc2)CN1CCC1CCC(CNC(=O)c2cc3ccccc3[nH]2)C1. The van der Waals surface area contributed by atoms with Gasteiger partial charge in [0.2, 0.25) is 0 Å². The molecule has 0 bridgehead atoms. The quantitative estimate of drug-likeness (QED) is 0.491. The van der Waals surface area contributed by atoms with E-state index in [9.17, 15) is 4.79 Å². The van der Waals surface area contributed by atoms with Crippen molar-refractivity contribution in [1.29, 1.82) is 0 Å². The third kappa shape index (κ3) is 5.26. The highest BCUT2D eigenvalue weighted by atomic mass is 16.5. The maximum Gasteiger partial charge on any atom is 0.267 e. The number of aromatic amines is 1. The van der Waals surface area contributed by atoms with Crippen molar-refractivity contribution >= 4 is 22.6 Å². The molecule has 180 valence electrons. The van der Waals surface area contributed by atoms with Gasteiger partial charge in [0.15, 0.2) is 0 Å². The number of para-hydroxylation sites is 1. The van der Waals surface area contributed by atoms with Gasteiger partial charge in [-0.25, -0.2) is 4.98 Å². The van der Waals surface area contributed by atoms with Crippen LogP contribution in [0.25, 0.3) is 10.9 Å². The summed E-state index contributed by atoms with van der Waals surface area (Å²) in [6.07, 6.45) is 6.72. The Morgan fingerprint density at radius 2 is 2.09 bits per heavy atom. The summed E-state index contributed by atoms with van der Waals surface area (Å²) in [6, 6.07) is 14.2. The minimum atomic E-state index is -0.00927. The number of nitrogens with one attached hydrogen (secondary N) is 2. The molecule has 2 aliphatic rings. The Hall–Kier alpha value is -2.90. The van der Waals surface area contributed by atoms with Gasteiger partial charge in [-0.3, -0.25) is 9.69 Å². The fourth-order valence-corrected chi connectivity index (χ4v) is 5.43. The normalized spacial score (nSPS) is 25.6. The Morgan fingerprint density at radius 1 is 1.24 bits per heavy atom. The van der Waals surface area contributed by atoms with Crippen LogP contribution in [0.1, 0.15) is 54.8 Å². The van der Waals surface area contributed by atoms with Gasteiger partial charge in [0, 0.05) is 41.8 Å². The zero-order valence-corrected chi connectivity index (χ0v) is 19.9. The second-order valence-electron chi connectivity index (χ2n) is 10.00. The molecule has 1 aliphatic heterocycles.